The summed E-state index contributed by atoms with van der Waals surface area (Å²) in [6.45, 7) is 16.4. The molecule has 1 aliphatic heterocycles. The highest BCUT2D eigenvalue weighted by Crippen LogP contribution is 2.44. The van der Waals surface area contributed by atoms with Crippen LogP contribution in [0.1, 0.15) is 60.8 Å². The molecule has 1 aliphatic carbocycles. The number of hydrogen-bond acceptors (Lipinski definition) is 3. The van der Waals surface area contributed by atoms with Crippen LogP contribution in [-0.4, -0.2) is 41.3 Å². The molecule has 2 fully saturated rings. The van der Waals surface area contributed by atoms with Gasteiger partial charge in [0.2, 0.25) is 0 Å². The second-order valence-electron chi connectivity index (χ2n) is 8.44. The van der Waals surface area contributed by atoms with Crippen molar-refractivity contribution in [1.82, 2.24) is 4.90 Å². The second kappa shape index (κ2) is 5.26. The molecule has 3 nitrogen and oxygen atoms in total. The third kappa shape index (κ3) is 2.90. The van der Waals surface area contributed by atoms with E-state index in [1.807, 2.05) is 0 Å². The second-order valence-corrected chi connectivity index (χ2v) is 8.44. The van der Waals surface area contributed by atoms with Crippen molar-refractivity contribution in [2.24, 2.45) is 17.6 Å². The molecular formula is C17H34N2O. The van der Waals surface area contributed by atoms with E-state index in [9.17, 15) is 0 Å². The first-order valence-corrected chi connectivity index (χ1v) is 8.27. The van der Waals surface area contributed by atoms with Crippen molar-refractivity contribution in [3.05, 3.63) is 0 Å². The Bertz CT molecular complexity index is 337. The molecule has 2 rings (SSSR count). The molecule has 2 aliphatic rings. The normalized spacial score (nSPS) is 41.5. The molecule has 0 aromatic carbocycles. The van der Waals surface area contributed by atoms with Crippen molar-refractivity contribution >= 4 is 0 Å². The summed E-state index contributed by atoms with van der Waals surface area (Å²) in [5.74, 6) is 1.42. The average Bonchev–Trinajstić information content (AvgIpc) is 2.29. The monoisotopic (exact) mass is 282 g/mol. The smallest absolute Gasteiger partial charge is 0.0761 e. The van der Waals surface area contributed by atoms with Gasteiger partial charge in [0.25, 0.3) is 0 Å². The molecule has 3 unspecified atom stereocenters. The molecule has 0 aromatic heterocycles. The highest BCUT2D eigenvalue weighted by molar-refractivity contribution is 5.05. The van der Waals surface area contributed by atoms with E-state index in [1.54, 1.807) is 0 Å². The number of rotatable bonds is 2. The number of morpholine rings is 1. The van der Waals surface area contributed by atoms with Gasteiger partial charge in [-0.05, 0) is 46.0 Å². The van der Waals surface area contributed by atoms with Gasteiger partial charge in [0.1, 0.15) is 0 Å². The lowest BCUT2D eigenvalue weighted by Gasteiger charge is -2.58. The Hall–Kier alpha value is -0.120. The first-order chi connectivity index (χ1) is 9.12. The predicted octanol–water partition coefficient (Wildman–Crippen LogP) is 3.03. The molecule has 3 heteroatoms. The molecule has 2 N–H and O–H groups in total. The molecule has 0 spiro atoms. The van der Waals surface area contributed by atoms with Crippen LogP contribution in [0.3, 0.4) is 0 Å². The quantitative estimate of drug-likeness (QED) is 0.846. The van der Waals surface area contributed by atoms with Crippen LogP contribution in [0.5, 0.6) is 0 Å². The highest BCUT2D eigenvalue weighted by Gasteiger charge is 2.50. The minimum atomic E-state index is -0.0929. The number of hydrogen-bond donors (Lipinski definition) is 1. The van der Waals surface area contributed by atoms with Crippen molar-refractivity contribution in [1.29, 1.82) is 0 Å². The maximum atomic E-state index is 6.32. The van der Waals surface area contributed by atoms with Crippen molar-refractivity contribution in [3.63, 3.8) is 0 Å². The summed E-state index contributed by atoms with van der Waals surface area (Å²) < 4.78 is 6.25. The Labute approximate surface area is 125 Å². The van der Waals surface area contributed by atoms with Crippen molar-refractivity contribution in [2.45, 2.75) is 77.5 Å². The molecule has 0 aromatic rings. The van der Waals surface area contributed by atoms with Gasteiger partial charge in [-0.25, -0.2) is 0 Å². The van der Waals surface area contributed by atoms with Gasteiger partial charge in [-0.15, -0.1) is 0 Å². The largest absolute Gasteiger partial charge is 0.367 e. The Morgan fingerprint density at radius 2 is 1.65 bits per heavy atom. The predicted molar refractivity (Wildman–Crippen MR) is 84.8 cm³/mol. The van der Waals surface area contributed by atoms with Gasteiger partial charge in [-0.2, -0.15) is 0 Å². The summed E-state index contributed by atoms with van der Waals surface area (Å²) in [4.78, 5) is 2.66. The van der Waals surface area contributed by atoms with E-state index >= 15 is 0 Å². The molecule has 0 bridgehead atoms. The van der Waals surface area contributed by atoms with Crippen LogP contribution < -0.4 is 5.73 Å². The fourth-order valence-electron chi connectivity index (χ4n) is 4.70. The minimum absolute atomic E-state index is 0.0929. The van der Waals surface area contributed by atoms with Gasteiger partial charge in [-0.1, -0.05) is 26.7 Å². The van der Waals surface area contributed by atoms with Crippen LogP contribution in [0.2, 0.25) is 0 Å². The summed E-state index contributed by atoms with van der Waals surface area (Å²) in [7, 11) is 0. The molecule has 3 atom stereocenters. The lowest BCUT2D eigenvalue weighted by molar-refractivity contribution is -0.209. The first kappa shape index (κ1) is 16.3. The van der Waals surface area contributed by atoms with Gasteiger partial charge in [-0.3, -0.25) is 4.90 Å². The molecule has 1 saturated heterocycles. The van der Waals surface area contributed by atoms with Gasteiger partial charge in [0.15, 0.2) is 0 Å². The van der Waals surface area contributed by atoms with E-state index in [2.05, 4.69) is 46.4 Å². The van der Waals surface area contributed by atoms with Crippen LogP contribution in [0, 0.1) is 11.8 Å². The van der Waals surface area contributed by atoms with Gasteiger partial charge < -0.3 is 10.5 Å². The Balaban J connectivity index is 2.30. The van der Waals surface area contributed by atoms with Crippen LogP contribution in [0.25, 0.3) is 0 Å². The summed E-state index contributed by atoms with van der Waals surface area (Å²) in [5, 5.41) is 0. The van der Waals surface area contributed by atoms with E-state index in [0.29, 0.717) is 5.92 Å². The van der Waals surface area contributed by atoms with E-state index in [-0.39, 0.29) is 16.7 Å². The Kier molecular flexibility index (Phi) is 4.27. The van der Waals surface area contributed by atoms with E-state index < -0.39 is 0 Å². The third-order valence-electron chi connectivity index (χ3n) is 5.65. The maximum absolute atomic E-state index is 6.32. The van der Waals surface area contributed by atoms with Crippen LogP contribution >= 0.6 is 0 Å². The summed E-state index contributed by atoms with van der Waals surface area (Å²) in [5.41, 5.74) is 6.29. The average molecular weight is 282 g/mol. The minimum Gasteiger partial charge on any atom is -0.367 e. The zero-order valence-corrected chi connectivity index (χ0v) is 14.3. The molecular weight excluding hydrogens is 248 g/mol. The summed E-state index contributed by atoms with van der Waals surface area (Å²) in [6, 6.07) is 0. The van der Waals surface area contributed by atoms with Gasteiger partial charge in [0.05, 0.1) is 11.2 Å². The van der Waals surface area contributed by atoms with Crippen LogP contribution in [0.15, 0.2) is 0 Å². The van der Waals surface area contributed by atoms with E-state index in [4.69, 9.17) is 10.5 Å². The van der Waals surface area contributed by atoms with Crippen molar-refractivity contribution in [2.75, 3.05) is 19.6 Å². The van der Waals surface area contributed by atoms with E-state index in [0.717, 1.165) is 25.6 Å². The fourth-order valence-corrected chi connectivity index (χ4v) is 4.70. The van der Waals surface area contributed by atoms with Gasteiger partial charge >= 0.3 is 0 Å². The fraction of sp³-hybridized carbons (Fsp3) is 1.00. The lowest BCUT2D eigenvalue weighted by atomic mass is 9.66. The van der Waals surface area contributed by atoms with Crippen molar-refractivity contribution < 1.29 is 4.74 Å². The first-order valence-electron chi connectivity index (χ1n) is 8.27. The highest BCUT2D eigenvalue weighted by atomic mass is 16.5. The standard InChI is InChI=1S/C17H34N2O/c1-13-8-7-9-17(10-18,14(13)2)19-11-15(3,4)20-16(5,6)12-19/h13-14H,7-12,18H2,1-6H3. The molecule has 1 saturated carbocycles. The summed E-state index contributed by atoms with van der Waals surface area (Å²) in [6.07, 6.45) is 3.89. The summed E-state index contributed by atoms with van der Waals surface area (Å²) >= 11 is 0. The number of nitrogens with two attached hydrogens (primary N) is 1. The zero-order valence-electron chi connectivity index (χ0n) is 14.3. The number of nitrogens with zero attached hydrogens (tertiary/aromatic N) is 1. The topological polar surface area (TPSA) is 38.5 Å². The van der Waals surface area contributed by atoms with Gasteiger partial charge in [0, 0.05) is 25.2 Å². The molecule has 20 heavy (non-hydrogen) atoms. The maximum Gasteiger partial charge on any atom is 0.0761 e. The van der Waals surface area contributed by atoms with Crippen LogP contribution in [0.4, 0.5) is 0 Å². The molecule has 0 radical (unpaired) electrons. The zero-order chi connectivity index (χ0) is 15.2. The molecule has 118 valence electrons. The molecule has 0 amide bonds. The third-order valence-corrected chi connectivity index (χ3v) is 5.65. The Morgan fingerprint density at radius 1 is 1.10 bits per heavy atom. The van der Waals surface area contributed by atoms with E-state index in [1.165, 1.54) is 19.3 Å². The van der Waals surface area contributed by atoms with Crippen LogP contribution in [-0.2, 0) is 4.74 Å². The Morgan fingerprint density at radius 3 is 2.15 bits per heavy atom. The number of ether oxygens (including phenoxy) is 1. The lowest BCUT2D eigenvalue weighted by Crippen LogP contribution is -2.69. The SMILES string of the molecule is CC1CCCC(CN)(N2CC(C)(C)OC(C)(C)C2)C1C. The van der Waals surface area contributed by atoms with Crippen molar-refractivity contribution in [3.8, 4) is 0 Å². The molecule has 1 heterocycles.